The molecule has 0 aliphatic carbocycles. The summed E-state index contributed by atoms with van der Waals surface area (Å²) in [7, 11) is 0. The molecule has 98 valence electrons. The molecule has 0 bridgehead atoms. The molecule has 3 rings (SSSR count). The molecular weight excluding hydrogens is 234 g/mol. The van der Waals surface area contributed by atoms with E-state index in [1.165, 1.54) is 12.5 Å². The second-order valence-electron chi connectivity index (χ2n) is 5.37. The van der Waals surface area contributed by atoms with Gasteiger partial charge in [0.05, 0.1) is 0 Å². The van der Waals surface area contributed by atoms with Crippen molar-refractivity contribution in [3.63, 3.8) is 0 Å². The monoisotopic (exact) mass is 252 g/mol. The van der Waals surface area contributed by atoms with Crippen LogP contribution in [0.3, 0.4) is 0 Å². The number of nitrogens with zero attached hydrogens (tertiary/aromatic N) is 1. The van der Waals surface area contributed by atoms with Gasteiger partial charge in [0, 0.05) is 30.8 Å². The second-order valence-corrected chi connectivity index (χ2v) is 5.37. The summed E-state index contributed by atoms with van der Waals surface area (Å²) in [5.41, 5.74) is 0.598. The number of halogens is 2. The summed E-state index contributed by atoms with van der Waals surface area (Å²) < 4.78 is 26.4. The molecule has 2 aliphatic rings. The molecule has 18 heavy (non-hydrogen) atoms. The minimum atomic E-state index is -0.505. The van der Waals surface area contributed by atoms with Gasteiger partial charge in [-0.2, -0.15) is 0 Å². The van der Waals surface area contributed by atoms with Crippen LogP contribution in [0.25, 0.3) is 0 Å². The Labute approximate surface area is 106 Å². The zero-order valence-corrected chi connectivity index (χ0v) is 10.3. The van der Waals surface area contributed by atoms with Gasteiger partial charge in [0.2, 0.25) is 0 Å². The third kappa shape index (κ3) is 2.40. The molecule has 0 saturated carbocycles. The Kier molecular flexibility index (Phi) is 3.31. The van der Waals surface area contributed by atoms with Crippen molar-refractivity contribution >= 4 is 0 Å². The molecule has 2 nitrogen and oxygen atoms in total. The van der Waals surface area contributed by atoms with Gasteiger partial charge in [-0.15, -0.1) is 0 Å². The summed E-state index contributed by atoms with van der Waals surface area (Å²) in [6.45, 7) is 3.71. The van der Waals surface area contributed by atoms with Crippen molar-refractivity contribution in [1.29, 1.82) is 0 Å². The van der Waals surface area contributed by atoms with Crippen LogP contribution in [0.5, 0.6) is 0 Å². The highest BCUT2D eigenvalue weighted by Crippen LogP contribution is 2.26. The topological polar surface area (TPSA) is 15.3 Å². The number of piperidine rings is 1. The van der Waals surface area contributed by atoms with Crippen LogP contribution in [0, 0.1) is 17.6 Å². The fourth-order valence-corrected chi connectivity index (χ4v) is 3.16. The Hall–Kier alpha value is -1.00. The molecular formula is C14H18F2N2. The van der Waals surface area contributed by atoms with Crippen molar-refractivity contribution in [2.45, 2.75) is 25.4 Å². The van der Waals surface area contributed by atoms with E-state index in [9.17, 15) is 8.78 Å². The smallest absolute Gasteiger partial charge is 0.130 e. The Balaban J connectivity index is 1.66. The first-order chi connectivity index (χ1) is 8.72. The number of benzene rings is 1. The number of likely N-dealkylation sites (tertiary alicyclic amines) is 1. The van der Waals surface area contributed by atoms with E-state index < -0.39 is 11.6 Å². The molecule has 1 aromatic rings. The summed E-state index contributed by atoms with van der Waals surface area (Å²) in [6, 6.07) is 4.52. The number of nitrogens with one attached hydrogen (secondary N) is 1. The molecule has 0 spiro atoms. The summed E-state index contributed by atoms with van der Waals surface area (Å²) in [6.07, 6.45) is 2.35. The average molecular weight is 252 g/mol. The lowest BCUT2D eigenvalue weighted by molar-refractivity contribution is 0.154. The van der Waals surface area contributed by atoms with Gasteiger partial charge in [-0.25, -0.2) is 8.78 Å². The second kappa shape index (κ2) is 4.94. The van der Waals surface area contributed by atoms with Gasteiger partial charge in [0.1, 0.15) is 11.6 Å². The Morgan fingerprint density at radius 2 is 2.17 bits per heavy atom. The summed E-state index contributed by atoms with van der Waals surface area (Å²) >= 11 is 0. The third-order valence-electron chi connectivity index (χ3n) is 4.15. The van der Waals surface area contributed by atoms with Gasteiger partial charge in [-0.05, 0) is 37.9 Å². The first-order valence-corrected chi connectivity index (χ1v) is 6.62. The van der Waals surface area contributed by atoms with Gasteiger partial charge >= 0.3 is 0 Å². The van der Waals surface area contributed by atoms with Crippen LogP contribution >= 0.6 is 0 Å². The zero-order valence-electron chi connectivity index (χ0n) is 10.3. The fourth-order valence-electron chi connectivity index (χ4n) is 3.16. The van der Waals surface area contributed by atoms with E-state index in [4.69, 9.17) is 0 Å². The predicted octanol–water partition coefficient (Wildman–Crippen LogP) is 2.15. The molecule has 0 amide bonds. The van der Waals surface area contributed by atoms with Crippen molar-refractivity contribution in [2.75, 3.05) is 19.6 Å². The van der Waals surface area contributed by atoms with Crippen molar-refractivity contribution in [3.05, 3.63) is 35.4 Å². The molecule has 0 aromatic heterocycles. The third-order valence-corrected chi connectivity index (χ3v) is 4.15. The molecule has 2 saturated heterocycles. The molecule has 2 unspecified atom stereocenters. The van der Waals surface area contributed by atoms with Crippen LogP contribution in [0.4, 0.5) is 8.78 Å². The Morgan fingerprint density at radius 1 is 1.28 bits per heavy atom. The molecule has 2 atom stereocenters. The van der Waals surface area contributed by atoms with Crippen molar-refractivity contribution in [2.24, 2.45) is 5.92 Å². The van der Waals surface area contributed by atoms with E-state index in [2.05, 4.69) is 10.2 Å². The van der Waals surface area contributed by atoms with Crippen molar-refractivity contribution < 1.29 is 8.78 Å². The maximum atomic E-state index is 13.6. The minimum absolute atomic E-state index is 0.429. The highest BCUT2D eigenvalue weighted by Gasteiger charge is 2.32. The van der Waals surface area contributed by atoms with Crippen LogP contribution in [-0.4, -0.2) is 30.6 Å². The van der Waals surface area contributed by atoms with Crippen LogP contribution < -0.4 is 5.32 Å². The van der Waals surface area contributed by atoms with Crippen LogP contribution in [0.2, 0.25) is 0 Å². The normalized spacial score (nSPS) is 28.3. The maximum Gasteiger partial charge on any atom is 0.130 e. The van der Waals surface area contributed by atoms with E-state index in [0.717, 1.165) is 32.1 Å². The lowest BCUT2D eigenvalue weighted by atomic mass is 9.93. The standard InChI is InChI=1S/C14H18F2N2/c15-12-2-1-10(13(16)7-12)8-18-6-4-14-11(9-18)3-5-17-14/h1-2,7,11,14,17H,3-6,8-9H2. The quantitative estimate of drug-likeness (QED) is 0.867. The average Bonchev–Trinajstić information content (AvgIpc) is 2.80. The number of hydrogen-bond donors (Lipinski definition) is 1. The molecule has 1 aromatic carbocycles. The SMILES string of the molecule is Fc1ccc(CN2CCC3NCCC3C2)c(F)c1. The van der Waals surface area contributed by atoms with Crippen LogP contribution in [0.15, 0.2) is 18.2 Å². The minimum Gasteiger partial charge on any atom is -0.314 e. The maximum absolute atomic E-state index is 13.6. The van der Waals surface area contributed by atoms with Gasteiger partial charge in [-0.3, -0.25) is 4.90 Å². The van der Waals surface area contributed by atoms with E-state index in [1.807, 2.05) is 0 Å². The number of hydrogen-bond acceptors (Lipinski definition) is 2. The first kappa shape index (κ1) is 12.1. The molecule has 2 heterocycles. The van der Waals surface area contributed by atoms with E-state index >= 15 is 0 Å². The largest absolute Gasteiger partial charge is 0.314 e. The van der Waals surface area contributed by atoms with Crippen LogP contribution in [-0.2, 0) is 6.54 Å². The Morgan fingerprint density at radius 3 is 3.00 bits per heavy atom. The zero-order chi connectivity index (χ0) is 12.5. The Bertz CT molecular complexity index is 436. The molecule has 2 aliphatic heterocycles. The molecule has 4 heteroatoms. The summed E-state index contributed by atoms with van der Waals surface area (Å²) in [5, 5.41) is 3.51. The van der Waals surface area contributed by atoms with Gasteiger partial charge in [0.25, 0.3) is 0 Å². The predicted molar refractivity (Wildman–Crippen MR) is 66.1 cm³/mol. The molecule has 2 fully saturated rings. The van der Waals surface area contributed by atoms with Gasteiger partial charge in [-0.1, -0.05) is 6.07 Å². The number of fused-ring (bicyclic) bond motifs is 1. The van der Waals surface area contributed by atoms with Gasteiger partial charge < -0.3 is 5.32 Å². The van der Waals surface area contributed by atoms with Crippen molar-refractivity contribution in [1.82, 2.24) is 10.2 Å². The van der Waals surface area contributed by atoms with Crippen molar-refractivity contribution in [3.8, 4) is 0 Å². The summed E-state index contributed by atoms with van der Waals surface area (Å²) in [4.78, 5) is 2.28. The highest BCUT2D eigenvalue weighted by atomic mass is 19.1. The van der Waals surface area contributed by atoms with E-state index in [-0.39, 0.29) is 0 Å². The lowest BCUT2D eigenvalue weighted by Crippen LogP contribution is -2.44. The molecule has 0 radical (unpaired) electrons. The number of rotatable bonds is 2. The fraction of sp³-hybridized carbons (Fsp3) is 0.571. The molecule has 1 N–H and O–H groups in total. The lowest BCUT2D eigenvalue weighted by Gasteiger charge is -2.34. The summed E-state index contributed by atoms with van der Waals surface area (Å²) in [5.74, 6) is -0.237. The highest BCUT2D eigenvalue weighted by molar-refractivity contribution is 5.18. The van der Waals surface area contributed by atoms with E-state index in [0.29, 0.717) is 24.1 Å². The first-order valence-electron chi connectivity index (χ1n) is 6.62. The van der Waals surface area contributed by atoms with Gasteiger partial charge in [0.15, 0.2) is 0 Å². The van der Waals surface area contributed by atoms with E-state index in [1.54, 1.807) is 6.07 Å². The van der Waals surface area contributed by atoms with Crippen LogP contribution in [0.1, 0.15) is 18.4 Å².